The molecule has 0 aromatic heterocycles. The Labute approximate surface area is 127 Å². The minimum Gasteiger partial charge on any atom is -0.463 e. The maximum Gasteiger partial charge on any atom is 0.310 e. The van der Waals surface area contributed by atoms with Crippen molar-refractivity contribution >= 4 is 5.97 Å². The van der Waals surface area contributed by atoms with Crippen LogP contribution in [0.15, 0.2) is 24.3 Å². The zero-order valence-electron chi connectivity index (χ0n) is 13.2. The molecule has 3 rings (SSSR count). The van der Waals surface area contributed by atoms with Crippen LogP contribution in [0.25, 0.3) is 0 Å². The standard InChI is InChI=1S/C19H26O2/c1-13(2)21-19(20)12-16-5-3-4-6-18(16)17-10-14-7-8-15(9-14)11-17/h3-6,13-15,17H,7-12H2,1-2H3. The summed E-state index contributed by atoms with van der Waals surface area (Å²) in [6, 6.07) is 8.49. The first-order valence-electron chi connectivity index (χ1n) is 8.39. The van der Waals surface area contributed by atoms with E-state index in [1.165, 1.54) is 43.2 Å². The van der Waals surface area contributed by atoms with E-state index in [0.717, 1.165) is 11.8 Å². The quantitative estimate of drug-likeness (QED) is 0.763. The van der Waals surface area contributed by atoms with E-state index < -0.39 is 0 Å². The third kappa shape index (κ3) is 3.48. The van der Waals surface area contributed by atoms with Gasteiger partial charge in [0.2, 0.25) is 0 Å². The first kappa shape index (κ1) is 14.6. The summed E-state index contributed by atoms with van der Waals surface area (Å²) in [5, 5.41) is 0. The summed E-state index contributed by atoms with van der Waals surface area (Å²) in [4.78, 5) is 12.0. The number of esters is 1. The molecule has 2 atom stereocenters. The zero-order valence-corrected chi connectivity index (χ0v) is 13.2. The second-order valence-electron chi connectivity index (χ2n) is 7.13. The third-order valence-electron chi connectivity index (χ3n) is 5.08. The highest BCUT2D eigenvalue weighted by molar-refractivity contribution is 5.73. The summed E-state index contributed by atoms with van der Waals surface area (Å²) in [6.07, 6.45) is 7.28. The van der Waals surface area contributed by atoms with Crippen LogP contribution in [0.4, 0.5) is 0 Å². The Morgan fingerprint density at radius 2 is 1.81 bits per heavy atom. The number of carbonyl (C=O) groups excluding carboxylic acids is 1. The highest BCUT2D eigenvalue weighted by Crippen LogP contribution is 2.48. The van der Waals surface area contributed by atoms with Gasteiger partial charge in [-0.05, 0) is 62.0 Å². The summed E-state index contributed by atoms with van der Waals surface area (Å²) in [6.45, 7) is 3.81. The predicted molar refractivity (Wildman–Crippen MR) is 84.2 cm³/mol. The van der Waals surface area contributed by atoms with Crippen molar-refractivity contribution in [2.24, 2.45) is 11.8 Å². The monoisotopic (exact) mass is 286 g/mol. The van der Waals surface area contributed by atoms with Crippen LogP contribution in [0.5, 0.6) is 0 Å². The minimum atomic E-state index is -0.101. The Bertz CT molecular complexity index is 494. The van der Waals surface area contributed by atoms with E-state index >= 15 is 0 Å². The molecule has 114 valence electrons. The van der Waals surface area contributed by atoms with Gasteiger partial charge in [-0.1, -0.05) is 37.1 Å². The molecule has 1 aromatic rings. The molecule has 0 amide bonds. The lowest BCUT2D eigenvalue weighted by molar-refractivity contribution is -0.146. The van der Waals surface area contributed by atoms with Crippen LogP contribution in [0, 0.1) is 11.8 Å². The van der Waals surface area contributed by atoms with Crippen molar-refractivity contribution in [2.45, 2.75) is 64.4 Å². The van der Waals surface area contributed by atoms with Gasteiger partial charge in [0.25, 0.3) is 0 Å². The number of hydrogen-bond donors (Lipinski definition) is 0. The van der Waals surface area contributed by atoms with E-state index in [0.29, 0.717) is 12.3 Å². The van der Waals surface area contributed by atoms with Crippen LogP contribution in [0.3, 0.4) is 0 Å². The van der Waals surface area contributed by atoms with Crippen LogP contribution < -0.4 is 0 Å². The molecule has 2 saturated carbocycles. The van der Waals surface area contributed by atoms with E-state index in [4.69, 9.17) is 4.74 Å². The van der Waals surface area contributed by atoms with Gasteiger partial charge in [-0.15, -0.1) is 0 Å². The van der Waals surface area contributed by atoms with E-state index in [9.17, 15) is 4.79 Å². The predicted octanol–water partition coefficient (Wildman–Crippen LogP) is 4.47. The van der Waals surface area contributed by atoms with Gasteiger partial charge in [0.05, 0.1) is 12.5 Å². The summed E-state index contributed by atoms with van der Waals surface area (Å²) in [5.74, 6) is 2.39. The van der Waals surface area contributed by atoms with Crippen molar-refractivity contribution in [1.82, 2.24) is 0 Å². The Morgan fingerprint density at radius 3 is 2.48 bits per heavy atom. The summed E-state index contributed by atoms with van der Waals surface area (Å²) < 4.78 is 5.31. The van der Waals surface area contributed by atoms with Crippen LogP contribution in [-0.2, 0) is 16.0 Å². The van der Waals surface area contributed by atoms with E-state index in [1.807, 2.05) is 19.9 Å². The second kappa shape index (κ2) is 6.21. The fourth-order valence-corrected chi connectivity index (χ4v) is 4.32. The number of fused-ring (bicyclic) bond motifs is 2. The van der Waals surface area contributed by atoms with Crippen LogP contribution in [0.1, 0.15) is 63.0 Å². The van der Waals surface area contributed by atoms with Gasteiger partial charge in [-0.2, -0.15) is 0 Å². The Hall–Kier alpha value is -1.31. The van der Waals surface area contributed by atoms with E-state index in [1.54, 1.807) is 0 Å². The molecule has 2 nitrogen and oxygen atoms in total. The van der Waals surface area contributed by atoms with E-state index in [-0.39, 0.29) is 12.1 Å². The van der Waals surface area contributed by atoms with Gasteiger partial charge in [0.15, 0.2) is 0 Å². The first-order chi connectivity index (χ1) is 10.1. The number of ether oxygens (including phenoxy) is 1. The molecule has 2 aliphatic rings. The molecule has 0 radical (unpaired) electrons. The SMILES string of the molecule is CC(C)OC(=O)Cc1ccccc1C1CC2CCC(C2)C1. The minimum absolute atomic E-state index is 0.0322. The maximum absolute atomic E-state index is 12.0. The highest BCUT2D eigenvalue weighted by atomic mass is 16.5. The first-order valence-corrected chi connectivity index (χ1v) is 8.39. The molecule has 0 spiro atoms. The molecule has 1 aromatic carbocycles. The van der Waals surface area contributed by atoms with Gasteiger partial charge in [-0.3, -0.25) is 4.79 Å². The third-order valence-corrected chi connectivity index (χ3v) is 5.08. The molecule has 0 aliphatic heterocycles. The number of hydrogen-bond acceptors (Lipinski definition) is 2. The van der Waals surface area contributed by atoms with Gasteiger partial charge >= 0.3 is 5.97 Å². The van der Waals surface area contributed by atoms with Crippen LogP contribution in [0.2, 0.25) is 0 Å². The summed E-state index contributed by atoms with van der Waals surface area (Å²) >= 11 is 0. The largest absolute Gasteiger partial charge is 0.463 e. The Balaban J connectivity index is 1.75. The second-order valence-corrected chi connectivity index (χ2v) is 7.13. The van der Waals surface area contributed by atoms with Crippen LogP contribution >= 0.6 is 0 Å². The van der Waals surface area contributed by atoms with Gasteiger partial charge in [-0.25, -0.2) is 0 Å². The van der Waals surface area contributed by atoms with Crippen molar-refractivity contribution in [3.8, 4) is 0 Å². The average Bonchev–Trinajstić information content (AvgIpc) is 2.77. The normalized spacial score (nSPS) is 27.9. The maximum atomic E-state index is 12.0. The molecule has 2 bridgehead atoms. The van der Waals surface area contributed by atoms with Crippen molar-refractivity contribution in [3.05, 3.63) is 35.4 Å². The number of rotatable bonds is 4. The summed E-state index contributed by atoms with van der Waals surface area (Å²) in [5.41, 5.74) is 2.57. The molecule has 21 heavy (non-hydrogen) atoms. The molecule has 2 heteroatoms. The highest BCUT2D eigenvalue weighted by Gasteiger charge is 2.35. The lowest BCUT2D eigenvalue weighted by Gasteiger charge is -2.29. The zero-order chi connectivity index (χ0) is 14.8. The number of benzene rings is 1. The molecule has 2 unspecified atom stereocenters. The lowest BCUT2D eigenvalue weighted by Crippen LogP contribution is -2.18. The van der Waals surface area contributed by atoms with Crippen molar-refractivity contribution in [2.75, 3.05) is 0 Å². The topological polar surface area (TPSA) is 26.3 Å². The smallest absolute Gasteiger partial charge is 0.310 e. The van der Waals surface area contributed by atoms with Gasteiger partial charge in [0.1, 0.15) is 0 Å². The molecule has 2 fully saturated rings. The van der Waals surface area contributed by atoms with Crippen molar-refractivity contribution in [1.29, 1.82) is 0 Å². The van der Waals surface area contributed by atoms with Crippen LogP contribution in [-0.4, -0.2) is 12.1 Å². The molecule has 0 heterocycles. The fourth-order valence-electron chi connectivity index (χ4n) is 4.32. The van der Waals surface area contributed by atoms with E-state index in [2.05, 4.69) is 18.2 Å². The Morgan fingerprint density at radius 1 is 1.14 bits per heavy atom. The van der Waals surface area contributed by atoms with Crippen molar-refractivity contribution in [3.63, 3.8) is 0 Å². The average molecular weight is 286 g/mol. The van der Waals surface area contributed by atoms with Gasteiger partial charge in [0, 0.05) is 0 Å². The summed E-state index contributed by atoms with van der Waals surface area (Å²) in [7, 11) is 0. The lowest BCUT2D eigenvalue weighted by atomic mass is 9.76. The number of carbonyl (C=O) groups is 1. The fraction of sp³-hybridized carbons (Fsp3) is 0.632. The molecular weight excluding hydrogens is 260 g/mol. The van der Waals surface area contributed by atoms with Crippen molar-refractivity contribution < 1.29 is 9.53 Å². The Kier molecular flexibility index (Phi) is 4.32. The molecule has 0 saturated heterocycles. The molecule has 2 aliphatic carbocycles. The molecule has 0 N–H and O–H groups in total. The molecular formula is C19H26O2. The van der Waals surface area contributed by atoms with Gasteiger partial charge < -0.3 is 4.74 Å².